The van der Waals surface area contributed by atoms with Crippen LogP contribution < -0.4 is 21.3 Å². The summed E-state index contributed by atoms with van der Waals surface area (Å²) in [4.78, 5) is 85.1. The maximum atomic E-state index is 14.8. The lowest BCUT2D eigenvalue weighted by Crippen LogP contribution is -2.63. The van der Waals surface area contributed by atoms with Crippen LogP contribution in [0.2, 0.25) is 0 Å². The molecule has 4 aliphatic rings. The molecule has 5 atom stereocenters. The van der Waals surface area contributed by atoms with E-state index in [4.69, 9.17) is 0 Å². The summed E-state index contributed by atoms with van der Waals surface area (Å²) in [6, 6.07) is -3.86. The molecule has 294 valence electrons. The first kappa shape index (κ1) is 41.8. The van der Waals surface area contributed by atoms with Gasteiger partial charge in [0, 0.05) is 31.8 Å². The molecule has 4 N–H and O–H groups in total. The largest absolute Gasteiger partial charge is 0.346 e. The summed E-state index contributed by atoms with van der Waals surface area (Å²) in [6.07, 6.45) is 11.0. The highest BCUT2D eigenvalue weighted by atomic mass is 16.2. The smallest absolute Gasteiger partial charge is 0.315 e. The van der Waals surface area contributed by atoms with E-state index in [1.807, 2.05) is 41.5 Å². The second kappa shape index (κ2) is 17.0. The van der Waals surface area contributed by atoms with Crippen molar-refractivity contribution in [2.75, 3.05) is 19.6 Å². The number of hydrogen-bond donors (Lipinski definition) is 4. The Hall–Kier alpha value is -3.96. The zero-order valence-corrected chi connectivity index (χ0v) is 33.0. The third-order valence-electron chi connectivity index (χ3n) is 11.7. The molecule has 0 bridgehead atoms. The van der Waals surface area contributed by atoms with Gasteiger partial charge < -0.3 is 31.1 Å². The fourth-order valence-corrected chi connectivity index (χ4v) is 8.15. The molecule has 6 amide bonds. The molecule has 4 fully saturated rings. The van der Waals surface area contributed by atoms with Crippen molar-refractivity contribution in [2.24, 2.45) is 28.1 Å². The van der Waals surface area contributed by atoms with Gasteiger partial charge in [0.2, 0.25) is 23.5 Å². The van der Waals surface area contributed by atoms with Crippen LogP contribution in [0, 0.1) is 28.1 Å². The van der Waals surface area contributed by atoms with Crippen LogP contribution in [-0.4, -0.2) is 89.0 Å². The highest BCUT2D eigenvalue weighted by molar-refractivity contribution is 6.38. The number of allylic oxidation sites excluding steroid dienone is 1. The normalized spacial score (nSPS) is 24.3. The van der Waals surface area contributed by atoms with Crippen molar-refractivity contribution >= 4 is 35.4 Å². The highest BCUT2D eigenvalue weighted by Gasteiger charge is 2.48. The van der Waals surface area contributed by atoms with E-state index in [1.165, 1.54) is 11.0 Å². The predicted octanol–water partition coefficient (Wildman–Crippen LogP) is 4.76. The molecule has 0 radical (unpaired) electrons. The lowest BCUT2D eigenvalue weighted by atomic mass is 9.70. The second-order valence-corrected chi connectivity index (χ2v) is 18.1. The molecule has 12 heteroatoms. The minimum absolute atomic E-state index is 0.0286. The number of urea groups is 1. The SMILES string of the molecule is C=CCNC(=O)C(=O)C(CC1CC1)NC(=O)[C@@H]1C[C@@H](C=C)CN1C(=O)[C@@H](NC(=O)N[C@H](CN1C(=C)CC(C)(C)CC1=O)C(C)(C)C)C1(C)CCCCC1. The predicted molar refractivity (Wildman–Crippen MR) is 205 cm³/mol. The molecule has 2 heterocycles. The van der Waals surface area contributed by atoms with Gasteiger partial charge in [-0.3, -0.25) is 24.0 Å². The zero-order chi connectivity index (χ0) is 39.3. The third-order valence-corrected chi connectivity index (χ3v) is 11.7. The van der Waals surface area contributed by atoms with Gasteiger partial charge in [0.05, 0.1) is 12.1 Å². The van der Waals surface area contributed by atoms with Crippen LogP contribution in [0.4, 0.5) is 4.79 Å². The van der Waals surface area contributed by atoms with Crippen LogP contribution in [0.3, 0.4) is 0 Å². The van der Waals surface area contributed by atoms with Gasteiger partial charge in [-0.15, -0.1) is 13.2 Å². The van der Waals surface area contributed by atoms with E-state index in [2.05, 4.69) is 41.0 Å². The first-order chi connectivity index (χ1) is 24.8. The minimum atomic E-state index is -1.02. The van der Waals surface area contributed by atoms with Crippen molar-refractivity contribution in [1.82, 2.24) is 31.1 Å². The lowest BCUT2D eigenvalue weighted by Gasteiger charge is -2.44. The number of nitrogens with one attached hydrogen (secondary N) is 4. The molecule has 2 aliphatic carbocycles. The summed E-state index contributed by atoms with van der Waals surface area (Å²) in [5.74, 6) is -2.34. The first-order valence-corrected chi connectivity index (χ1v) is 19.5. The number of carbonyl (C=O) groups excluding carboxylic acids is 6. The maximum absolute atomic E-state index is 14.8. The quantitative estimate of drug-likeness (QED) is 0.140. The number of piperidine rings is 1. The molecular weight excluding hydrogens is 672 g/mol. The van der Waals surface area contributed by atoms with E-state index >= 15 is 0 Å². The molecule has 2 saturated carbocycles. The minimum Gasteiger partial charge on any atom is -0.346 e. The van der Waals surface area contributed by atoms with Gasteiger partial charge in [0.15, 0.2) is 0 Å². The summed E-state index contributed by atoms with van der Waals surface area (Å²) in [6.45, 7) is 24.4. The van der Waals surface area contributed by atoms with Crippen LogP contribution in [0.25, 0.3) is 0 Å². The number of amides is 6. The summed E-state index contributed by atoms with van der Waals surface area (Å²) in [7, 11) is 0. The van der Waals surface area contributed by atoms with E-state index in [-0.39, 0.29) is 48.7 Å². The average Bonchev–Trinajstić information content (AvgIpc) is 3.79. The van der Waals surface area contributed by atoms with Crippen LogP contribution in [0.1, 0.15) is 112 Å². The molecule has 0 aromatic heterocycles. The number of hydrogen-bond acceptors (Lipinski definition) is 6. The number of ketones is 1. The van der Waals surface area contributed by atoms with Gasteiger partial charge in [0.25, 0.3) is 5.91 Å². The van der Waals surface area contributed by atoms with Crippen LogP contribution >= 0.6 is 0 Å². The van der Waals surface area contributed by atoms with Crippen LogP contribution in [0.15, 0.2) is 37.6 Å². The fourth-order valence-electron chi connectivity index (χ4n) is 8.15. The van der Waals surface area contributed by atoms with Crippen LogP contribution in [-0.2, 0) is 24.0 Å². The molecule has 53 heavy (non-hydrogen) atoms. The van der Waals surface area contributed by atoms with E-state index in [0.717, 1.165) is 50.6 Å². The lowest BCUT2D eigenvalue weighted by molar-refractivity contribution is -0.144. The standard InChI is InChI=1S/C41H64N6O6/c1-10-19-42-36(51)33(49)29(20-28-15-16-28)43-35(50)30-21-27(11-2)24-47(30)37(52)34(41(9)17-13-12-14-18-41)45-38(53)44-31(39(4,5)6)25-46-26(3)22-40(7,8)23-32(46)48/h10-11,27-31,34H,1-3,12-25H2,4-9H3,(H,42,51)(H,43,50)(H2,44,45,53)/t27-,29?,30+,31-,34-/m1/s1. The van der Waals surface area contributed by atoms with E-state index in [0.29, 0.717) is 25.7 Å². The molecule has 1 unspecified atom stereocenters. The molecule has 12 nitrogen and oxygen atoms in total. The van der Waals surface area contributed by atoms with Gasteiger partial charge in [-0.2, -0.15) is 0 Å². The fraction of sp³-hybridized carbons (Fsp3) is 0.707. The van der Waals surface area contributed by atoms with Crippen molar-refractivity contribution < 1.29 is 28.8 Å². The molecule has 0 aromatic rings. The Kier molecular flexibility index (Phi) is 13.4. The summed E-state index contributed by atoms with van der Waals surface area (Å²) < 4.78 is 0. The molecule has 2 saturated heterocycles. The van der Waals surface area contributed by atoms with Crippen molar-refractivity contribution in [1.29, 1.82) is 0 Å². The molecule has 2 aliphatic heterocycles. The van der Waals surface area contributed by atoms with Gasteiger partial charge in [-0.1, -0.05) is 92.4 Å². The number of Topliss-reactive ketones (excluding diaryl/α,β-unsaturated/α-hetero) is 1. The number of carbonyl (C=O) groups is 6. The Bertz CT molecular complexity index is 1430. The Morgan fingerprint density at radius 1 is 0.962 bits per heavy atom. The Morgan fingerprint density at radius 3 is 2.19 bits per heavy atom. The molecule has 4 rings (SSSR count). The van der Waals surface area contributed by atoms with Crippen molar-refractivity contribution in [3.63, 3.8) is 0 Å². The average molecular weight is 737 g/mol. The Labute approximate surface area is 316 Å². The van der Waals surface area contributed by atoms with Gasteiger partial charge in [-0.05, 0) is 60.2 Å². The van der Waals surface area contributed by atoms with E-state index in [1.54, 1.807) is 11.0 Å². The zero-order valence-electron chi connectivity index (χ0n) is 33.0. The summed E-state index contributed by atoms with van der Waals surface area (Å²) >= 11 is 0. The van der Waals surface area contributed by atoms with E-state index in [9.17, 15) is 28.8 Å². The van der Waals surface area contributed by atoms with Crippen molar-refractivity contribution in [3.8, 4) is 0 Å². The maximum Gasteiger partial charge on any atom is 0.315 e. The van der Waals surface area contributed by atoms with Gasteiger partial charge in [-0.25, -0.2) is 4.79 Å². The Balaban J connectivity index is 1.56. The number of likely N-dealkylation sites (tertiary alicyclic amines) is 2. The van der Waals surface area contributed by atoms with Gasteiger partial charge in [0.1, 0.15) is 12.1 Å². The van der Waals surface area contributed by atoms with Crippen molar-refractivity contribution in [2.45, 2.75) is 136 Å². The number of rotatable bonds is 15. The third kappa shape index (κ3) is 10.8. The number of nitrogens with zero attached hydrogens (tertiary/aromatic N) is 2. The molecular formula is C41H64N6O6. The van der Waals surface area contributed by atoms with Crippen molar-refractivity contribution in [3.05, 3.63) is 37.6 Å². The van der Waals surface area contributed by atoms with E-state index < -0.39 is 58.6 Å². The molecule has 0 aromatic carbocycles. The monoisotopic (exact) mass is 736 g/mol. The summed E-state index contributed by atoms with van der Waals surface area (Å²) in [5.41, 5.74) is -0.476. The Morgan fingerprint density at radius 2 is 1.62 bits per heavy atom. The van der Waals surface area contributed by atoms with Crippen LogP contribution in [0.5, 0.6) is 0 Å². The molecule has 0 spiro atoms. The second-order valence-electron chi connectivity index (χ2n) is 18.1. The topological polar surface area (TPSA) is 157 Å². The van der Waals surface area contributed by atoms with Gasteiger partial charge >= 0.3 is 6.03 Å². The first-order valence-electron chi connectivity index (χ1n) is 19.5. The summed E-state index contributed by atoms with van der Waals surface area (Å²) in [5, 5.41) is 11.5. The highest BCUT2D eigenvalue weighted by Crippen LogP contribution is 2.41.